The highest BCUT2D eigenvalue weighted by Crippen LogP contribution is 2.36. The van der Waals surface area contributed by atoms with E-state index in [9.17, 15) is 13.2 Å². The highest BCUT2D eigenvalue weighted by atomic mass is 32.2. The normalized spacial score (nSPS) is 12.1. The Balaban J connectivity index is 1.33. The number of carbonyl (C=O) groups excluding carboxylic acids is 1. The van der Waals surface area contributed by atoms with Crippen LogP contribution in [0, 0.1) is 11.3 Å². The molecule has 0 spiro atoms. The summed E-state index contributed by atoms with van der Waals surface area (Å²) in [5, 5.41) is 17.1. The molecule has 0 aliphatic carbocycles. The van der Waals surface area contributed by atoms with Crippen LogP contribution in [0.25, 0.3) is 10.1 Å². The molecule has 0 fully saturated rings. The molecule has 11 heteroatoms. The fraction of sp³-hybridized carbons (Fsp3) is 0.121. The van der Waals surface area contributed by atoms with Gasteiger partial charge in [0.1, 0.15) is 0 Å². The lowest BCUT2D eigenvalue weighted by Crippen LogP contribution is -2.25. The summed E-state index contributed by atoms with van der Waals surface area (Å²) in [6, 6.07) is 29.0. The number of imidazole rings is 1. The average molecular weight is 638 g/mol. The third-order valence-corrected chi connectivity index (χ3v) is 11.1. The lowest BCUT2D eigenvalue weighted by Gasteiger charge is -2.22. The molecule has 3 heterocycles. The zero-order valence-corrected chi connectivity index (χ0v) is 25.8. The van der Waals surface area contributed by atoms with Crippen LogP contribution in [0.1, 0.15) is 36.7 Å². The molecule has 3 aromatic carbocycles. The van der Waals surface area contributed by atoms with Crippen molar-refractivity contribution in [3.8, 4) is 6.07 Å². The second-order valence-corrected chi connectivity index (χ2v) is 14.2. The Morgan fingerprint density at radius 1 is 1.00 bits per heavy atom. The van der Waals surface area contributed by atoms with Crippen LogP contribution in [-0.2, 0) is 22.8 Å². The zero-order chi connectivity index (χ0) is 30.5. The molecule has 6 rings (SSSR count). The van der Waals surface area contributed by atoms with E-state index in [1.54, 1.807) is 70.9 Å². The van der Waals surface area contributed by atoms with Crippen LogP contribution in [0.15, 0.2) is 114 Å². The molecular weight excluding hydrogens is 611 g/mol. The van der Waals surface area contributed by atoms with Crippen molar-refractivity contribution < 1.29 is 13.2 Å². The SMILES string of the molecule is N#Cc1ccc(Cn2cncc2C(Nc2cccc3sc(C(=O)NCCc4cccs4)cc23)S(=O)(=O)c2ccccc2)cc1. The van der Waals surface area contributed by atoms with Gasteiger partial charge in [0.25, 0.3) is 5.91 Å². The monoisotopic (exact) mass is 637 g/mol. The first-order chi connectivity index (χ1) is 21.4. The van der Waals surface area contributed by atoms with E-state index in [1.165, 1.54) is 16.2 Å². The molecule has 0 bridgehead atoms. The van der Waals surface area contributed by atoms with Gasteiger partial charge >= 0.3 is 0 Å². The molecule has 0 aliphatic heterocycles. The van der Waals surface area contributed by atoms with E-state index in [4.69, 9.17) is 5.26 Å². The van der Waals surface area contributed by atoms with Crippen molar-refractivity contribution in [2.24, 2.45) is 0 Å². The number of sulfone groups is 1. The van der Waals surface area contributed by atoms with Gasteiger partial charge in [-0.25, -0.2) is 13.4 Å². The van der Waals surface area contributed by atoms with Gasteiger partial charge in [-0.2, -0.15) is 5.26 Å². The van der Waals surface area contributed by atoms with Crippen molar-refractivity contribution in [1.29, 1.82) is 5.26 Å². The van der Waals surface area contributed by atoms with Crippen LogP contribution in [-0.4, -0.2) is 30.4 Å². The lowest BCUT2D eigenvalue weighted by molar-refractivity contribution is 0.0958. The molecule has 0 saturated carbocycles. The number of fused-ring (bicyclic) bond motifs is 1. The number of carbonyl (C=O) groups is 1. The van der Waals surface area contributed by atoms with E-state index < -0.39 is 15.2 Å². The van der Waals surface area contributed by atoms with Gasteiger partial charge < -0.3 is 15.2 Å². The van der Waals surface area contributed by atoms with E-state index in [1.807, 2.05) is 53.9 Å². The van der Waals surface area contributed by atoms with Gasteiger partial charge in [0, 0.05) is 33.7 Å². The lowest BCUT2D eigenvalue weighted by atomic mass is 10.1. The third-order valence-electron chi connectivity index (χ3n) is 7.14. The van der Waals surface area contributed by atoms with Gasteiger partial charge in [-0.05, 0) is 65.9 Å². The van der Waals surface area contributed by atoms with Gasteiger partial charge in [0.15, 0.2) is 5.37 Å². The largest absolute Gasteiger partial charge is 0.363 e. The van der Waals surface area contributed by atoms with Gasteiger partial charge in [-0.1, -0.05) is 42.5 Å². The minimum Gasteiger partial charge on any atom is -0.363 e. The van der Waals surface area contributed by atoms with Crippen LogP contribution in [0.3, 0.4) is 0 Å². The smallest absolute Gasteiger partial charge is 0.261 e. The molecule has 0 radical (unpaired) electrons. The van der Waals surface area contributed by atoms with Crippen molar-refractivity contribution in [2.75, 3.05) is 11.9 Å². The van der Waals surface area contributed by atoms with E-state index >= 15 is 0 Å². The average Bonchev–Trinajstić information content (AvgIpc) is 3.82. The fourth-order valence-corrected chi connectivity index (χ4v) is 8.22. The summed E-state index contributed by atoms with van der Waals surface area (Å²) in [6.45, 7) is 0.890. The van der Waals surface area contributed by atoms with Crippen molar-refractivity contribution in [3.63, 3.8) is 0 Å². The summed E-state index contributed by atoms with van der Waals surface area (Å²) in [5.74, 6) is -0.164. The number of hydrogen-bond acceptors (Lipinski definition) is 8. The third kappa shape index (κ3) is 6.28. The highest BCUT2D eigenvalue weighted by molar-refractivity contribution is 7.91. The van der Waals surface area contributed by atoms with E-state index in [0.717, 1.165) is 22.1 Å². The number of anilines is 1. The minimum atomic E-state index is -3.95. The van der Waals surface area contributed by atoms with Crippen LogP contribution in [0.4, 0.5) is 5.69 Å². The van der Waals surface area contributed by atoms with E-state index in [0.29, 0.717) is 34.9 Å². The number of nitrogens with zero attached hydrogens (tertiary/aromatic N) is 3. The Labute approximate surface area is 263 Å². The number of aromatic nitrogens is 2. The second-order valence-electron chi connectivity index (χ2n) is 10.1. The standard InChI is InChI=1S/C33H27N5O3S3/c34-19-23-11-13-24(14-12-23)21-38-22-35-20-29(38)33(44(40,41)26-7-2-1-3-8-26)37-28-9-4-10-30-27(28)18-31(43-30)32(39)36-16-15-25-6-5-17-42-25/h1-14,17-18,20,22,33,37H,15-16,21H2,(H,36,39). The number of hydrogen-bond donors (Lipinski definition) is 2. The van der Waals surface area contributed by atoms with E-state index in [2.05, 4.69) is 21.7 Å². The summed E-state index contributed by atoms with van der Waals surface area (Å²) in [5.41, 5.74) is 2.49. The maximum Gasteiger partial charge on any atom is 0.261 e. The number of nitrogens with one attached hydrogen (secondary N) is 2. The topological polar surface area (TPSA) is 117 Å². The Morgan fingerprint density at radius 2 is 1.82 bits per heavy atom. The van der Waals surface area contributed by atoms with Crippen LogP contribution in [0.2, 0.25) is 0 Å². The van der Waals surface area contributed by atoms with Gasteiger partial charge in [-0.3, -0.25) is 4.79 Å². The molecule has 220 valence electrons. The predicted molar refractivity (Wildman–Crippen MR) is 175 cm³/mol. The van der Waals surface area contributed by atoms with Gasteiger partial charge in [-0.15, -0.1) is 22.7 Å². The number of amides is 1. The number of thiophene rings is 2. The molecule has 44 heavy (non-hydrogen) atoms. The second kappa shape index (κ2) is 12.9. The van der Waals surface area contributed by atoms with Crippen LogP contribution >= 0.6 is 22.7 Å². The first kappa shape index (κ1) is 29.3. The maximum atomic E-state index is 14.2. The quantitative estimate of drug-likeness (QED) is 0.165. The summed E-state index contributed by atoms with van der Waals surface area (Å²) in [7, 11) is -3.95. The molecule has 6 aromatic rings. The van der Waals surface area contributed by atoms with Crippen molar-refractivity contribution in [3.05, 3.63) is 135 Å². The van der Waals surface area contributed by atoms with Gasteiger partial charge in [0.05, 0.1) is 39.6 Å². The fourth-order valence-electron chi connectivity index (χ4n) is 4.90. The highest BCUT2D eigenvalue weighted by Gasteiger charge is 2.32. The molecule has 1 unspecified atom stereocenters. The number of rotatable bonds is 11. The summed E-state index contributed by atoms with van der Waals surface area (Å²) < 4.78 is 31.0. The van der Waals surface area contributed by atoms with Crippen LogP contribution < -0.4 is 10.6 Å². The van der Waals surface area contributed by atoms with Crippen molar-refractivity contribution in [1.82, 2.24) is 14.9 Å². The van der Waals surface area contributed by atoms with Crippen molar-refractivity contribution in [2.45, 2.75) is 23.2 Å². The summed E-state index contributed by atoms with van der Waals surface area (Å²) >= 11 is 3.02. The Morgan fingerprint density at radius 3 is 2.57 bits per heavy atom. The van der Waals surface area contributed by atoms with Crippen LogP contribution in [0.5, 0.6) is 0 Å². The Hall–Kier alpha value is -4.76. The first-order valence-electron chi connectivity index (χ1n) is 13.8. The maximum absolute atomic E-state index is 14.2. The zero-order valence-electron chi connectivity index (χ0n) is 23.4. The predicted octanol–water partition coefficient (Wildman–Crippen LogP) is 6.64. The molecule has 2 N–H and O–H groups in total. The Bertz CT molecular complexity index is 2040. The first-order valence-corrected chi connectivity index (χ1v) is 17.0. The number of nitriles is 1. The molecule has 0 saturated heterocycles. The molecular formula is C33H27N5O3S3. The molecule has 1 amide bonds. The van der Waals surface area contributed by atoms with Gasteiger partial charge in [0.2, 0.25) is 9.84 Å². The molecule has 8 nitrogen and oxygen atoms in total. The van der Waals surface area contributed by atoms with E-state index in [-0.39, 0.29) is 10.8 Å². The Kier molecular flexibility index (Phi) is 8.56. The molecule has 1 atom stereocenters. The summed E-state index contributed by atoms with van der Waals surface area (Å²) in [4.78, 5) is 19.3. The summed E-state index contributed by atoms with van der Waals surface area (Å²) in [6.07, 6.45) is 3.92. The molecule has 0 aliphatic rings. The minimum absolute atomic E-state index is 0.164. The van der Waals surface area contributed by atoms with Crippen molar-refractivity contribution >= 4 is 54.2 Å². The molecule has 3 aromatic heterocycles. The number of benzene rings is 3.